The highest BCUT2D eigenvalue weighted by Gasteiger charge is 2.18. The molecule has 1 aromatic carbocycles. The van der Waals surface area contributed by atoms with Gasteiger partial charge in [-0.2, -0.15) is 11.8 Å². The minimum Gasteiger partial charge on any atom is -0.334 e. The van der Waals surface area contributed by atoms with Crippen LogP contribution in [0.2, 0.25) is 0 Å². The fourth-order valence-electron chi connectivity index (χ4n) is 2.17. The van der Waals surface area contributed by atoms with E-state index in [9.17, 15) is 0 Å². The quantitative estimate of drug-likeness (QED) is 0.569. The fraction of sp³-hybridized carbons (Fsp3) is 0.400. The second kappa shape index (κ2) is 8.05. The summed E-state index contributed by atoms with van der Waals surface area (Å²) in [5.41, 5.74) is 1.27. The van der Waals surface area contributed by atoms with Crippen LogP contribution < -0.4 is 5.32 Å². The zero-order valence-corrected chi connectivity index (χ0v) is 14.8. The average Bonchev–Trinajstić information content (AvgIpc) is 2.93. The average molecular weight is 401 g/mol. The van der Waals surface area contributed by atoms with Gasteiger partial charge in [0.1, 0.15) is 5.82 Å². The van der Waals surface area contributed by atoms with Crippen molar-refractivity contribution in [3.05, 3.63) is 51.6 Å². The van der Waals surface area contributed by atoms with Crippen LogP contribution in [0, 0.1) is 3.57 Å². The van der Waals surface area contributed by atoms with Crippen LogP contribution in [0.3, 0.4) is 0 Å². The van der Waals surface area contributed by atoms with Crippen LogP contribution in [0.25, 0.3) is 0 Å². The molecule has 2 rings (SSSR count). The van der Waals surface area contributed by atoms with Crippen LogP contribution in [-0.4, -0.2) is 28.1 Å². The molecule has 0 aliphatic heterocycles. The van der Waals surface area contributed by atoms with E-state index in [0.29, 0.717) is 0 Å². The Bertz CT molecular complexity index is 524. The van der Waals surface area contributed by atoms with E-state index in [2.05, 4.69) is 74.9 Å². The largest absolute Gasteiger partial charge is 0.334 e. The van der Waals surface area contributed by atoms with E-state index < -0.39 is 0 Å². The molecule has 0 spiro atoms. The minimum atomic E-state index is 0.161. The number of rotatable bonds is 7. The molecule has 20 heavy (non-hydrogen) atoms. The molecule has 1 N–H and O–H groups in total. The van der Waals surface area contributed by atoms with Gasteiger partial charge < -0.3 is 9.88 Å². The lowest BCUT2D eigenvalue weighted by atomic mass is 10.1. The molecule has 1 heterocycles. The van der Waals surface area contributed by atoms with Gasteiger partial charge in [-0.15, -0.1) is 0 Å². The van der Waals surface area contributed by atoms with Gasteiger partial charge in [-0.25, -0.2) is 4.98 Å². The first-order valence-corrected chi connectivity index (χ1v) is 9.22. The highest BCUT2D eigenvalue weighted by Crippen LogP contribution is 2.22. The molecule has 0 unspecified atom stereocenters. The standard InChI is InChI=1S/C15H20IN3S/c1-3-19-10-8-18-15(19)14(17-9-11-20-2)12-4-6-13(16)7-5-12/h4-8,10,14,17H,3,9,11H2,1-2H3/t14-/m0/s1. The van der Waals surface area contributed by atoms with Crippen molar-refractivity contribution in [1.29, 1.82) is 0 Å². The minimum absolute atomic E-state index is 0.161. The van der Waals surface area contributed by atoms with Crippen LogP contribution in [-0.2, 0) is 6.54 Å². The van der Waals surface area contributed by atoms with Crippen LogP contribution >= 0.6 is 34.4 Å². The van der Waals surface area contributed by atoms with Crippen molar-refractivity contribution in [2.45, 2.75) is 19.5 Å². The maximum atomic E-state index is 4.56. The number of halogens is 1. The Labute approximate surface area is 138 Å². The molecule has 108 valence electrons. The number of thioether (sulfide) groups is 1. The van der Waals surface area contributed by atoms with Crippen LogP contribution in [0.5, 0.6) is 0 Å². The number of benzene rings is 1. The third-order valence-corrected chi connectivity index (χ3v) is 4.54. The van der Waals surface area contributed by atoms with Crippen LogP contribution in [0.15, 0.2) is 36.7 Å². The maximum absolute atomic E-state index is 4.56. The van der Waals surface area contributed by atoms with Crippen molar-refractivity contribution in [2.24, 2.45) is 0 Å². The van der Waals surface area contributed by atoms with Gasteiger partial charge in [0.2, 0.25) is 0 Å². The Hall–Kier alpha value is -0.530. The zero-order valence-electron chi connectivity index (χ0n) is 11.8. The lowest BCUT2D eigenvalue weighted by molar-refractivity contribution is 0.561. The molecular weight excluding hydrogens is 381 g/mol. The molecule has 0 amide bonds. The molecule has 0 saturated heterocycles. The molecular formula is C15H20IN3S. The third kappa shape index (κ3) is 3.99. The van der Waals surface area contributed by atoms with E-state index >= 15 is 0 Å². The van der Waals surface area contributed by atoms with Gasteiger partial charge in [0.25, 0.3) is 0 Å². The number of hydrogen-bond acceptors (Lipinski definition) is 3. The highest BCUT2D eigenvalue weighted by molar-refractivity contribution is 14.1. The first-order valence-electron chi connectivity index (χ1n) is 6.75. The molecule has 0 aliphatic carbocycles. The summed E-state index contributed by atoms with van der Waals surface area (Å²) in [5, 5.41) is 3.63. The Morgan fingerprint density at radius 2 is 2.10 bits per heavy atom. The van der Waals surface area contributed by atoms with Crippen molar-refractivity contribution >= 4 is 34.4 Å². The summed E-state index contributed by atoms with van der Waals surface area (Å²) in [6, 6.07) is 8.84. The van der Waals surface area contributed by atoms with Crippen molar-refractivity contribution in [1.82, 2.24) is 14.9 Å². The number of imidazole rings is 1. The number of nitrogens with zero attached hydrogens (tertiary/aromatic N) is 2. The predicted molar refractivity (Wildman–Crippen MR) is 95.3 cm³/mol. The molecule has 5 heteroatoms. The van der Waals surface area contributed by atoms with Crippen molar-refractivity contribution in [2.75, 3.05) is 18.6 Å². The SMILES string of the molecule is CCn1ccnc1[C@@H](NCCSC)c1ccc(I)cc1. The topological polar surface area (TPSA) is 29.9 Å². The second-order valence-electron chi connectivity index (χ2n) is 4.50. The molecule has 0 bridgehead atoms. The van der Waals surface area contributed by atoms with Crippen molar-refractivity contribution in [3.8, 4) is 0 Å². The molecule has 1 atom stereocenters. The number of nitrogens with one attached hydrogen (secondary N) is 1. The number of hydrogen-bond donors (Lipinski definition) is 1. The fourth-order valence-corrected chi connectivity index (χ4v) is 2.85. The summed E-state index contributed by atoms with van der Waals surface area (Å²) in [6.45, 7) is 4.08. The zero-order chi connectivity index (χ0) is 14.4. The molecule has 3 nitrogen and oxygen atoms in total. The van der Waals surface area contributed by atoms with Crippen molar-refractivity contribution in [3.63, 3.8) is 0 Å². The summed E-state index contributed by atoms with van der Waals surface area (Å²) in [5.74, 6) is 2.20. The maximum Gasteiger partial charge on any atom is 0.130 e. The Morgan fingerprint density at radius 1 is 1.35 bits per heavy atom. The second-order valence-corrected chi connectivity index (χ2v) is 6.73. The first-order chi connectivity index (χ1) is 9.76. The summed E-state index contributed by atoms with van der Waals surface area (Å²) in [7, 11) is 0. The first kappa shape index (κ1) is 15.9. The van der Waals surface area contributed by atoms with Crippen LogP contribution in [0.1, 0.15) is 24.4 Å². The monoisotopic (exact) mass is 401 g/mol. The summed E-state index contributed by atoms with van der Waals surface area (Å²) in [6.07, 6.45) is 6.06. The van der Waals surface area contributed by atoms with Gasteiger partial charge >= 0.3 is 0 Å². The van der Waals surface area contributed by atoms with E-state index in [1.54, 1.807) is 0 Å². The van der Waals surface area contributed by atoms with Gasteiger partial charge in [-0.05, 0) is 53.5 Å². The van der Waals surface area contributed by atoms with Crippen molar-refractivity contribution < 1.29 is 0 Å². The van der Waals surface area contributed by atoms with Gasteiger partial charge in [0.15, 0.2) is 0 Å². The molecule has 0 saturated carbocycles. The lowest BCUT2D eigenvalue weighted by Crippen LogP contribution is -2.27. The molecule has 0 fully saturated rings. The Balaban J connectivity index is 2.26. The highest BCUT2D eigenvalue weighted by atomic mass is 127. The van der Waals surface area contributed by atoms with E-state index in [1.807, 2.05) is 24.2 Å². The van der Waals surface area contributed by atoms with Gasteiger partial charge in [-0.3, -0.25) is 0 Å². The summed E-state index contributed by atoms with van der Waals surface area (Å²) < 4.78 is 3.46. The molecule has 0 radical (unpaired) electrons. The Morgan fingerprint density at radius 3 is 2.75 bits per heavy atom. The van der Waals surface area contributed by atoms with Gasteiger partial charge in [-0.1, -0.05) is 12.1 Å². The molecule has 1 aromatic heterocycles. The number of aromatic nitrogens is 2. The lowest BCUT2D eigenvalue weighted by Gasteiger charge is -2.20. The van der Waals surface area contributed by atoms with E-state index in [4.69, 9.17) is 0 Å². The van der Waals surface area contributed by atoms with E-state index in [0.717, 1.165) is 24.7 Å². The molecule has 2 aromatic rings. The van der Waals surface area contributed by atoms with E-state index in [-0.39, 0.29) is 6.04 Å². The predicted octanol–water partition coefficient (Wildman–Crippen LogP) is 3.55. The third-order valence-electron chi connectivity index (χ3n) is 3.20. The number of aryl methyl sites for hydroxylation is 1. The molecule has 0 aliphatic rings. The van der Waals surface area contributed by atoms with Gasteiger partial charge in [0.05, 0.1) is 6.04 Å². The Kier molecular flexibility index (Phi) is 6.38. The van der Waals surface area contributed by atoms with Crippen LogP contribution in [0.4, 0.5) is 0 Å². The summed E-state index contributed by atoms with van der Waals surface area (Å²) in [4.78, 5) is 4.56. The van der Waals surface area contributed by atoms with E-state index in [1.165, 1.54) is 9.13 Å². The normalized spacial score (nSPS) is 12.6. The smallest absolute Gasteiger partial charge is 0.130 e. The summed E-state index contributed by atoms with van der Waals surface area (Å²) >= 11 is 4.20. The van der Waals surface area contributed by atoms with Gasteiger partial charge in [0, 0.05) is 34.8 Å².